The summed E-state index contributed by atoms with van der Waals surface area (Å²) in [5, 5.41) is 3.91. The third kappa shape index (κ3) is 2.05. The van der Waals surface area contributed by atoms with Gasteiger partial charge in [-0.2, -0.15) is 0 Å². The zero-order valence-electron chi connectivity index (χ0n) is 11.4. The predicted molar refractivity (Wildman–Crippen MR) is 79.1 cm³/mol. The number of benzene rings is 1. The van der Waals surface area contributed by atoms with Gasteiger partial charge in [-0.1, -0.05) is 35.0 Å². The first-order valence-corrected chi connectivity index (χ1v) is 6.40. The van der Waals surface area contributed by atoms with E-state index in [4.69, 9.17) is 10.3 Å². The lowest BCUT2D eigenvalue weighted by atomic mass is 9.98. The molecule has 0 saturated carbocycles. The first-order valence-electron chi connectivity index (χ1n) is 6.40. The fourth-order valence-electron chi connectivity index (χ4n) is 2.34. The van der Waals surface area contributed by atoms with Crippen molar-refractivity contribution in [3.63, 3.8) is 0 Å². The average Bonchev–Trinajstić information content (AvgIpc) is 2.81. The maximum absolute atomic E-state index is 5.96. The molecule has 4 heteroatoms. The summed E-state index contributed by atoms with van der Waals surface area (Å²) in [6.07, 6.45) is 3.49. The van der Waals surface area contributed by atoms with Crippen molar-refractivity contribution in [3.05, 3.63) is 53.9 Å². The van der Waals surface area contributed by atoms with Crippen LogP contribution >= 0.6 is 0 Å². The molecule has 2 aromatic heterocycles. The number of nitrogens with zero attached hydrogens (tertiary/aromatic N) is 2. The number of anilines is 1. The summed E-state index contributed by atoms with van der Waals surface area (Å²) in [4.78, 5) is 4.13. The van der Waals surface area contributed by atoms with E-state index in [1.54, 1.807) is 12.4 Å². The molecule has 3 rings (SSSR count). The van der Waals surface area contributed by atoms with Crippen LogP contribution in [0, 0.1) is 13.8 Å². The minimum Gasteiger partial charge on any atom is -0.380 e. The Balaban J connectivity index is 2.21. The van der Waals surface area contributed by atoms with Crippen LogP contribution in [-0.4, -0.2) is 10.1 Å². The highest BCUT2D eigenvalue weighted by atomic mass is 16.5. The lowest BCUT2D eigenvalue weighted by Crippen LogP contribution is -1.90. The molecule has 1 aromatic carbocycles. The van der Waals surface area contributed by atoms with Gasteiger partial charge in [0.15, 0.2) is 11.6 Å². The summed E-state index contributed by atoms with van der Waals surface area (Å²) in [5.74, 6) is 1.07. The molecular weight excluding hydrogens is 250 g/mol. The first kappa shape index (κ1) is 12.4. The third-order valence-electron chi connectivity index (χ3n) is 3.30. The molecule has 3 aromatic rings. The number of hydrogen-bond donors (Lipinski definition) is 1. The van der Waals surface area contributed by atoms with E-state index in [9.17, 15) is 0 Å². The normalized spacial score (nSPS) is 10.7. The lowest BCUT2D eigenvalue weighted by Gasteiger charge is -2.06. The topological polar surface area (TPSA) is 64.9 Å². The van der Waals surface area contributed by atoms with Gasteiger partial charge < -0.3 is 10.3 Å². The third-order valence-corrected chi connectivity index (χ3v) is 3.30. The van der Waals surface area contributed by atoms with E-state index in [0.29, 0.717) is 11.6 Å². The van der Waals surface area contributed by atoms with Crippen LogP contribution in [0.5, 0.6) is 0 Å². The molecule has 100 valence electrons. The van der Waals surface area contributed by atoms with Crippen LogP contribution in [0.2, 0.25) is 0 Å². The Kier molecular flexibility index (Phi) is 2.99. The minimum absolute atomic E-state index is 0.382. The van der Waals surface area contributed by atoms with Gasteiger partial charge in [0.05, 0.1) is 5.56 Å². The van der Waals surface area contributed by atoms with Gasteiger partial charge in [0, 0.05) is 23.5 Å². The molecule has 0 atom stereocenters. The molecule has 2 heterocycles. The van der Waals surface area contributed by atoms with Crippen molar-refractivity contribution in [3.8, 4) is 22.5 Å². The van der Waals surface area contributed by atoms with Crippen LogP contribution in [-0.2, 0) is 0 Å². The molecule has 0 aliphatic carbocycles. The van der Waals surface area contributed by atoms with E-state index in [1.165, 1.54) is 5.56 Å². The van der Waals surface area contributed by atoms with Crippen molar-refractivity contribution < 1.29 is 4.52 Å². The SMILES string of the molecule is Cc1ccc(-c2onc(N)c2-c2cccnc2)c(C)c1. The number of aromatic nitrogens is 2. The van der Waals surface area contributed by atoms with Crippen LogP contribution in [0.25, 0.3) is 22.5 Å². The number of pyridine rings is 1. The highest BCUT2D eigenvalue weighted by Crippen LogP contribution is 2.37. The van der Waals surface area contributed by atoms with Crippen molar-refractivity contribution in [1.29, 1.82) is 0 Å². The molecule has 0 aliphatic rings. The summed E-state index contributed by atoms with van der Waals surface area (Å²) >= 11 is 0. The Morgan fingerprint density at radius 3 is 2.70 bits per heavy atom. The Bertz CT molecular complexity index is 748. The molecule has 0 fully saturated rings. The molecule has 0 amide bonds. The molecule has 0 spiro atoms. The van der Waals surface area contributed by atoms with Gasteiger partial charge in [-0.05, 0) is 25.5 Å². The largest absolute Gasteiger partial charge is 0.380 e. The first-order chi connectivity index (χ1) is 9.66. The van der Waals surface area contributed by atoms with Crippen molar-refractivity contribution >= 4 is 5.82 Å². The number of rotatable bonds is 2. The molecule has 0 radical (unpaired) electrons. The summed E-state index contributed by atoms with van der Waals surface area (Å²) in [7, 11) is 0. The van der Waals surface area contributed by atoms with Gasteiger partial charge in [-0.3, -0.25) is 4.98 Å². The van der Waals surface area contributed by atoms with Crippen molar-refractivity contribution in [2.75, 3.05) is 5.73 Å². The standard InChI is InChI=1S/C16H15N3O/c1-10-5-6-13(11(2)8-10)15-14(16(17)19-20-15)12-4-3-7-18-9-12/h3-9H,1-2H3,(H2,17,19). The van der Waals surface area contributed by atoms with E-state index in [1.807, 2.05) is 31.2 Å². The fraction of sp³-hybridized carbons (Fsp3) is 0.125. The Hall–Kier alpha value is -2.62. The average molecular weight is 265 g/mol. The molecule has 0 bridgehead atoms. The van der Waals surface area contributed by atoms with Gasteiger partial charge in [-0.15, -0.1) is 0 Å². The summed E-state index contributed by atoms with van der Waals surface area (Å²) < 4.78 is 5.45. The quantitative estimate of drug-likeness (QED) is 0.768. The van der Waals surface area contributed by atoms with Gasteiger partial charge in [0.1, 0.15) is 0 Å². The van der Waals surface area contributed by atoms with Crippen molar-refractivity contribution in [2.45, 2.75) is 13.8 Å². The smallest absolute Gasteiger partial charge is 0.177 e. The van der Waals surface area contributed by atoms with Crippen molar-refractivity contribution in [2.24, 2.45) is 0 Å². The highest BCUT2D eigenvalue weighted by Gasteiger charge is 2.19. The second-order valence-electron chi connectivity index (χ2n) is 4.83. The van der Waals surface area contributed by atoms with Gasteiger partial charge in [0.25, 0.3) is 0 Å². The summed E-state index contributed by atoms with van der Waals surface area (Å²) in [6.45, 7) is 4.11. The van der Waals surface area contributed by atoms with Gasteiger partial charge in [0.2, 0.25) is 0 Å². The predicted octanol–water partition coefficient (Wildman–Crippen LogP) is 3.60. The van der Waals surface area contributed by atoms with Gasteiger partial charge >= 0.3 is 0 Å². The van der Waals surface area contributed by atoms with Crippen LogP contribution < -0.4 is 5.73 Å². The second-order valence-corrected chi connectivity index (χ2v) is 4.83. The van der Waals surface area contributed by atoms with Crippen LogP contribution in [0.15, 0.2) is 47.2 Å². The van der Waals surface area contributed by atoms with Crippen molar-refractivity contribution in [1.82, 2.24) is 10.1 Å². The van der Waals surface area contributed by atoms with E-state index in [0.717, 1.165) is 22.3 Å². The molecule has 0 saturated heterocycles. The fourth-order valence-corrected chi connectivity index (χ4v) is 2.34. The zero-order valence-corrected chi connectivity index (χ0v) is 11.4. The number of nitrogen functional groups attached to an aromatic ring is 1. The number of nitrogens with two attached hydrogens (primary N) is 1. The maximum atomic E-state index is 5.96. The summed E-state index contributed by atoms with van der Waals surface area (Å²) in [5.41, 5.74) is 11.0. The maximum Gasteiger partial charge on any atom is 0.177 e. The Labute approximate surface area is 117 Å². The molecule has 0 aliphatic heterocycles. The second kappa shape index (κ2) is 4.81. The van der Waals surface area contributed by atoms with Crippen LogP contribution in [0.1, 0.15) is 11.1 Å². The minimum atomic E-state index is 0.382. The van der Waals surface area contributed by atoms with Gasteiger partial charge in [-0.25, -0.2) is 0 Å². The molecule has 20 heavy (non-hydrogen) atoms. The van der Waals surface area contributed by atoms with E-state index in [-0.39, 0.29) is 0 Å². The summed E-state index contributed by atoms with van der Waals surface area (Å²) in [6, 6.07) is 10.0. The Morgan fingerprint density at radius 1 is 1.15 bits per heavy atom. The number of aryl methyl sites for hydroxylation is 2. The monoisotopic (exact) mass is 265 g/mol. The van der Waals surface area contributed by atoms with Crippen LogP contribution in [0.3, 0.4) is 0 Å². The van der Waals surface area contributed by atoms with E-state index < -0.39 is 0 Å². The van der Waals surface area contributed by atoms with Crippen LogP contribution in [0.4, 0.5) is 5.82 Å². The highest BCUT2D eigenvalue weighted by molar-refractivity contribution is 5.87. The van der Waals surface area contributed by atoms with E-state index >= 15 is 0 Å². The molecule has 2 N–H and O–H groups in total. The molecular formula is C16H15N3O. The molecule has 0 unspecified atom stereocenters. The molecule has 4 nitrogen and oxygen atoms in total. The zero-order chi connectivity index (χ0) is 14.1. The number of hydrogen-bond acceptors (Lipinski definition) is 4. The Morgan fingerprint density at radius 2 is 2.00 bits per heavy atom. The van der Waals surface area contributed by atoms with E-state index in [2.05, 4.69) is 23.1 Å². The lowest BCUT2D eigenvalue weighted by molar-refractivity contribution is 0.436.